The van der Waals surface area contributed by atoms with E-state index in [2.05, 4.69) is 20.8 Å². The summed E-state index contributed by atoms with van der Waals surface area (Å²) in [5, 5.41) is 12.0. The molecule has 9 heteroatoms. The summed E-state index contributed by atoms with van der Waals surface area (Å²) >= 11 is 3.32. The van der Waals surface area contributed by atoms with Crippen molar-refractivity contribution in [3.8, 4) is 0 Å². The standard InChI is InChI=1S/C19H18BrN3O5/c20-14-4-2-12-16-13(3-5-15(17(14)16)23(26)27)19(25)22(18(12)24)7-1-6-21-8-10-28-11-9-21/h2-5H,1,6-11H2. The summed E-state index contributed by atoms with van der Waals surface area (Å²) < 4.78 is 5.81. The molecule has 28 heavy (non-hydrogen) atoms. The maximum absolute atomic E-state index is 13.0. The number of halogens is 1. The van der Waals surface area contributed by atoms with E-state index in [-0.39, 0.29) is 11.1 Å². The molecule has 2 aromatic carbocycles. The highest BCUT2D eigenvalue weighted by molar-refractivity contribution is 9.10. The molecule has 0 aliphatic carbocycles. The number of nitro benzene ring substituents is 1. The number of carbonyl (C=O) groups excluding carboxylic acids is 2. The van der Waals surface area contributed by atoms with Crippen molar-refractivity contribution in [2.24, 2.45) is 0 Å². The van der Waals surface area contributed by atoms with Gasteiger partial charge in [-0.3, -0.25) is 29.5 Å². The van der Waals surface area contributed by atoms with Gasteiger partial charge in [0.1, 0.15) is 0 Å². The van der Waals surface area contributed by atoms with Gasteiger partial charge in [0.25, 0.3) is 17.5 Å². The lowest BCUT2D eigenvalue weighted by Crippen LogP contribution is -2.43. The maximum atomic E-state index is 13.0. The lowest BCUT2D eigenvalue weighted by molar-refractivity contribution is -0.383. The summed E-state index contributed by atoms with van der Waals surface area (Å²) in [6, 6.07) is 6.00. The third-order valence-corrected chi connectivity index (χ3v) is 5.86. The summed E-state index contributed by atoms with van der Waals surface area (Å²) in [4.78, 5) is 40.3. The number of imide groups is 1. The number of ether oxygens (including phenoxy) is 1. The number of morpholine rings is 1. The minimum absolute atomic E-state index is 0.131. The molecule has 0 bridgehead atoms. The Morgan fingerprint density at radius 3 is 2.29 bits per heavy atom. The molecule has 0 N–H and O–H groups in total. The van der Waals surface area contributed by atoms with Crippen molar-refractivity contribution in [2.75, 3.05) is 39.4 Å². The van der Waals surface area contributed by atoms with Crippen molar-refractivity contribution in [1.29, 1.82) is 0 Å². The summed E-state index contributed by atoms with van der Waals surface area (Å²) in [5.74, 6) is -0.810. The van der Waals surface area contributed by atoms with Crippen molar-refractivity contribution >= 4 is 44.2 Å². The van der Waals surface area contributed by atoms with Crippen LogP contribution in [0.4, 0.5) is 5.69 Å². The van der Waals surface area contributed by atoms with Crippen LogP contribution in [0, 0.1) is 10.1 Å². The molecule has 2 aliphatic heterocycles. The number of hydrogen-bond donors (Lipinski definition) is 0. The highest BCUT2D eigenvalue weighted by Crippen LogP contribution is 2.39. The van der Waals surface area contributed by atoms with E-state index in [9.17, 15) is 19.7 Å². The topological polar surface area (TPSA) is 93.0 Å². The number of hydrogen-bond acceptors (Lipinski definition) is 6. The molecule has 1 fully saturated rings. The monoisotopic (exact) mass is 447 g/mol. The first-order valence-electron chi connectivity index (χ1n) is 9.05. The molecule has 0 radical (unpaired) electrons. The van der Waals surface area contributed by atoms with Crippen LogP contribution >= 0.6 is 15.9 Å². The second kappa shape index (κ2) is 7.57. The molecule has 146 valence electrons. The molecule has 0 unspecified atom stereocenters. The summed E-state index contributed by atoms with van der Waals surface area (Å²) in [5.41, 5.74) is 0.514. The van der Waals surface area contributed by atoms with Crippen LogP contribution in [-0.2, 0) is 4.74 Å². The zero-order valence-corrected chi connectivity index (χ0v) is 16.6. The van der Waals surface area contributed by atoms with Gasteiger partial charge in [0.2, 0.25) is 0 Å². The normalized spacial score (nSPS) is 17.4. The number of nitrogens with zero attached hydrogens (tertiary/aromatic N) is 3. The molecule has 0 spiro atoms. The Balaban J connectivity index is 1.64. The molecule has 2 aliphatic rings. The highest BCUT2D eigenvalue weighted by atomic mass is 79.9. The number of non-ortho nitro benzene ring substituents is 1. The Kier molecular flexibility index (Phi) is 5.13. The largest absolute Gasteiger partial charge is 0.379 e. The molecule has 8 nitrogen and oxygen atoms in total. The Morgan fingerprint density at radius 2 is 1.64 bits per heavy atom. The van der Waals surface area contributed by atoms with Crippen molar-refractivity contribution in [2.45, 2.75) is 6.42 Å². The van der Waals surface area contributed by atoms with Crippen molar-refractivity contribution in [1.82, 2.24) is 9.80 Å². The SMILES string of the molecule is O=C1c2ccc(Br)c3c([N+](=O)[O-])ccc(c23)C(=O)N1CCCN1CCOCC1. The molecule has 0 aromatic heterocycles. The molecular formula is C19H18BrN3O5. The van der Waals surface area contributed by atoms with Crippen LogP contribution in [0.15, 0.2) is 28.7 Å². The number of benzene rings is 2. The van der Waals surface area contributed by atoms with Gasteiger partial charge in [0.15, 0.2) is 0 Å². The first-order chi connectivity index (χ1) is 13.5. The first kappa shape index (κ1) is 19.0. The van der Waals surface area contributed by atoms with Crippen LogP contribution in [0.25, 0.3) is 10.8 Å². The second-order valence-corrected chi connectivity index (χ2v) is 7.66. The van der Waals surface area contributed by atoms with Gasteiger partial charge in [-0.15, -0.1) is 0 Å². The highest BCUT2D eigenvalue weighted by Gasteiger charge is 2.35. The predicted octanol–water partition coefficient (Wildman–Crippen LogP) is 2.83. The predicted molar refractivity (Wildman–Crippen MR) is 106 cm³/mol. The molecule has 4 rings (SSSR count). The molecule has 0 atom stereocenters. The van der Waals surface area contributed by atoms with Crippen molar-refractivity contribution in [3.05, 3.63) is 50.0 Å². The maximum Gasteiger partial charge on any atom is 0.278 e. The smallest absolute Gasteiger partial charge is 0.278 e. The summed E-state index contributed by atoms with van der Waals surface area (Å²) in [6.07, 6.45) is 0.666. The van der Waals surface area contributed by atoms with E-state index < -0.39 is 16.7 Å². The molecule has 2 amide bonds. The van der Waals surface area contributed by atoms with Crippen molar-refractivity contribution < 1.29 is 19.2 Å². The number of rotatable bonds is 5. The fourth-order valence-electron chi connectivity index (χ4n) is 3.81. The molecule has 0 saturated carbocycles. The van der Waals surface area contributed by atoms with Crippen LogP contribution in [-0.4, -0.2) is 65.9 Å². The van der Waals surface area contributed by atoms with Crippen LogP contribution in [0.5, 0.6) is 0 Å². The fourth-order valence-corrected chi connectivity index (χ4v) is 4.34. The lowest BCUT2D eigenvalue weighted by atomic mass is 9.93. The van der Waals surface area contributed by atoms with E-state index in [1.165, 1.54) is 17.0 Å². The number of carbonyl (C=O) groups is 2. The minimum Gasteiger partial charge on any atom is -0.379 e. The zero-order chi connectivity index (χ0) is 19.8. The fraction of sp³-hybridized carbons (Fsp3) is 0.368. The first-order valence-corrected chi connectivity index (χ1v) is 9.84. The van der Waals surface area contributed by atoms with E-state index in [1.54, 1.807) is 12.1 Å². The average molecular weight is 448 g/mol. The van der Waals surface area contributed by atoms with E-state index in [1.807, 2.05) is 0 Å². The second-order valence-electron chi connectivity index (χ2n) is 6.80. The molecule has 2 heterocycles. The van der Waals surface area contributed by atoms with E-state index >= 15 is 0 Å². The van der Waals surface area contributed by atoms with E-state index in [0.717, 1.165) is 19.6 Å². The molecule has 1 saturated heterocycles. The van der Waals surface area contributed by atoms with Crippen LogP contribution in [0.1, 0.15) is 27.1 Å². The zero-order valence-electron chi connectivity index (χ0n) is 15.0. The summed E-state index contributed by atoms with van der Waals surface area (Å²) in [6.45, 7) is 4.19. The van der Waals surface area contributed by atoms with Crippen molar-refractivity contribution in [3.63, 3.8) is 0 Å². The van der Waals surface area contributed by atoms with E-state index in [0.29, 0.717) is 47.2 Å². The molecule has 2 aromatic rings. The summed E-state index contributed by atoms with van der Waals surface area (Å²) in [7, 11) is 0. The van der Waals surface area contributed by atoms with Gasteiger partial charge >= 0.3 is 0 Å². The Labute approximate surface area is 169 Å². The third-order valence-electron chi connectivity index (χ3n) is 5.20. The van der Waals surface area contributed by atoms with Gasteiger partial charge in [0, 0.05) is 53.2 Å². The number of nitro groups is 1. The van der Waals surface area contributed by atoms with E-state index in [4.69, 9.17) is 4.74 Å². The Bertz CT molecular complexity index is 965. The van der Waals surface area contributed by atoms with Crippen LogP contribution < -0.4 is 0 Å². The lowest BCUT2D eigenvalue weighted by Gasteiger charge is -2.30. The molecular weight excluding hydrogens is 430 g/mol. The Hall–Kier alpha value is -2.36. The van der Waals surface area contributed by atoms with Gasteiger partial charge in [-0.25, -0.2) is 0 Å². The average Bonchev–Trinajstić information content (AvgIpc) is 2.70. The van der Waals surface area contributed by atoms with Crippen LogP contribution in [0.3, 0.4) is 0 Å². The number of amides is 2. The van der Waals surface area contributed by atoms with Gasteiger partial charge in [0.05, 0.1) is 23.5 Å². The van der Waals surface area contributed by atoms with Gasteiger partial charge in [-0.1, -0.05) is 0 Å². The Morgan fingerprint density at radius 1 is 1.00 bits per heavy atom. The van der Waals surface area contributed by atoms with Crippen LogP contribution in [0.2, 0.25) is 0 Å². The van der Waals surface area contributed by atoms with Gasteiger partial charge in [-0.05, 0) is 40.5 Å². The minimum atomic E-state index is -0.503. The quantitative estimate of drug-likeness (QED) is 0.397. The van der Waals surface area contributed by atoms with Gasteiger partial charge in [-0.2, -0.15) is 0 Å². The van der Waals surface area contributed by atoms with Gasteiger partial charge < -0.3 is 4.74 Å². The third kappa shape index (κ3) is 3.19.